The SMILES string of the molecule is CC1=C(C(=O)OC(C)C)[C@H](c2ccccc2[N+](=O)[O-])C(C(=O)OC2CN(C(c3ccccc3)c3ccccc3)C2)=C(N)N1. The maximum atomic E-state index is 13.8. The van der Waals surface area contributed by atoms with Crippen LogP contribution in [0.1, 0.15) is 49.4 Å². The van der Waals surface area contributed by atoms with Crippen molar-refractivity contribution in [2.75, 3.05) is 13.1 Å². The molecule has 1 saturated heterocycles. The fourth-order valence-corrected chi connectivity index (χ4v) is 5.69. The number of allylic oxidation sites excluding steroid dienone is 1. The number of nitro groups is 1. The average molecular weight is 583 g/mol. The van der Waals surface area contributed by atoms with Gasteiger partial charge >= 0.3 is 11.9 Å². The third-order valence-electron chi connectivity index (χ3n) is 7.57. The van der Waals surface area contributed by atoms with Crippen LogP contribution in [-0.4, -0.2) is 47.1 Å². The Labute approximate surface area is 249 Å². The molecule has 5 rings (SSSR count). The Balaban J connectivity index is 1.43. The van der Waals surface area contributed by atoms with Crippen LogP contribution in [0, 0.1) is 10.1 Å². The number of nitrogens with one attached hydrogen (secondary N) is 1. The van der Waals surface area contributed by atoms with Gasteiger partial charge in [0.25, 0.3) is 5.69 Å². The van der Waals surface area contributed by atoms with Crippen LogP contribution in [0.15, 0.2) is 108 Å². The average Bonchev–Trinajstić information content (AvgIpc) is 2.96. The topological polar surface area (TPSA) is 137 Å². The molecule has 0 radical (unpaired) electrons. The number of ether oxygens (including phenoxy) is 2. The van der Waals surface area contributed by atoms with Gasteiger partial charge in [0.2, 0.25) is 0 Å². The Morgan fingerprint density at radius 3 is 2.02 bits per heavy atom. The molecule has 0 aliphatic carbocycles. The van der Waals surface area contributed by atoms with Gasteiger partial charge in [0.05, 0.1) is 34.1 Å². The lowest BCUT2D eigenvalue weighted by molar-refractivity contribution is -0.385. The highest BCUT2D eigenvalue weighted by Crippen LogP contribution is 2.42. The van der Waals surface area contributed by atoms with Crippen molar-refractivity contribution in [1.29, 1.82) is 0 Å². The van der Waals surface area contributed by atoms with Crippen molar-refractivity contribution < 1.29 is 24.0 Å². The number of nitro benzene ring substituents is 1. The summed E-state index contributed by atoms with van der Waals surface area (Å²) in [5, 5.41) is 14.9. The van der Waals surface area contributed by atoms with Crippen LogP contribution in [0.4, 0.5) is 5.69 Å². The molecule has 1 atom stereocenters. The normalized spacial score (nSPS) is 17.5. The van der Waals surface area contributed by atoms with Crippen LogP contribution in [0.3, 0.4) is 0 Å². The maximum absolute atomic E-state index is 13.8. The molecule has 222 valence electrons. The molecule has 10 heteroatoms. The predicted molar refractivity (Wildman–Crippen MR) is 160 cm³/mol. The van der Waals surface area contributed by atoms with E-state index in [0.29, 0.717) is 18.8 Å². The molecule has 2 aliphatic heterocycles. The van der Waals surface area contributed by atoms with Gasteiger partial charge in [0.15, 0.2) is 0 Å². The number of dihydropyridines is 1. The summed E-state index contributed by atoms with van der Waals surface area (Å²) in [6.07, 6.45) is -0.909. The second kappa shape index (κ2) is 12.5. The highest BCUT2D eigenvalue weighted by Gasteiger charge is 2.44. The second-order valence-electron chi connectivity index (χ2n) is 10.9. The number of likely N-dealkylation sites (tertiary alicyclic amines) is 1. The minimum Gasteiger partial charge on any atom is -0.460 e. The smallest absolute Gasteiger partial charge is 0.339 e. The molecule has 10 nitrogen and oxygen atoms in total. The summed E-state index contributed by atoms with van der Waals surface area (Å²) < 4.78 is 11.4. The molecule has 3 aromatic carbocycles. The van der Waals surface area contributed by atoms with Gasteiger partial charge < -0.3 is 20.5 Å². The van der Waals surface area contributed by atoms with Crippen LogP contribution in [0.5, 0.6) is 0 Å². The molecule has 0 unspecified atom stereocenters. The number of rotatable bonds is 9. The van der Waals surface area contributed by atoms with Gasteiger partial charge in [0, 0.05) is 30.4 Å². The largest absolute Gasteiger partial charge is 0.460 e. The van der Waals surface area contributed by atoms with Crippen LogP contribution < -0.4 is 11.1 Å². The monoisotopic (exact) mass is 582 g/mol. The van der Waals surface area contributed by atoms with E-state index in [1.165, 1.54) is 18.2 Å². The molecule has 2 aliphatic rings. The van der Waals surface area contributed by atoms with Gasteiger partial charge in [-0.25, -0.2) is 9.59 Å². The lowest BCUT2D eigenvalue weighted by Crippen LogP contribution is -2.54. The zero-order valence-corrected chi connectivity index (χ0v) is 24.2. The molecule has 1 fully saturated rings. The van der Waals surface area contributed by atoms with Gasteiger partial charge in [-0.2, -0.15) is 0 Å². The lowest BCUT2D eigenvalue weighted by Gasteiger charge is -2.44. The van der Waals surface area contributed by atoms with Gasteiger partial charge in [-0.3, -0.25) is 15.0 Å². The highest BCUT2D eigenvalue weighted by molar-refractivity contribution is 6.00. The van der Waals surface area contributed by atoms with Gasteiger partial charge in [-0.05, 0) is 31.9 Å². The maximum Gasteiger partial charge on any atom is 0.339 e. The first kappa shape index (κ1) is 29.5. The first-order chi connectivity index (χ1) is 20.7. The van der Waals surface area contributed by atoms with E-state index in [1.54, 1.807) is 26.8 Å². The lowest BCUT2D eigenvalue weighted by atomic mass is 9.80. The number of hydrogen-bond donors (Lipinski definition) is 2. The van der Waals surface area contributed by atoms with Crippen molar-refractivity contribution in [3.8, 4) is 0 Å². The number of nitrogens with two attached hydrogens (primary N) is 1. The van der Waals surface area contributed by atoms with Gasteiger partial charge in [0.1, 0.15) is 11.9 Å². The number of carbonyl (C=O) groups excluding carboxylic acids is 2. The van der Waals surface area contributed by atoms with E-state index < -0.39 is 35.0 Å². The molecule has 0 spiro atoms. The van der Waals surface area contributed by atoms with Crippen molar-refractivity contribution in [2.45, 2.75) is 44.9 Å². The predicted octanol–water partition coefficient (Wildman–Crippen LogP) is 4.69. The number of nitrogens with zero attached hydrogens (tertiary/aromatic N) is 2. The van der Waals surface area contributed by atoms with Crippen molar-refractivity contribution in [3.63, 3.8) is 0 Å². The number of para-hydroxylation sites is 1. The molecule has 0 bridgehead atoms. The van der Waals surface area contributed by atoms with Crippen molar-refractivity contribution in [3.05, 3.63) is 134 Å². The number of esters is 2. The fraction of sp³-hybridized carbons (Fsp3) is 0.273. The quantitative estimate of drug-likeness (QED) is 0.209. The number of carbonyl (C=O) groups is 2. The molecular weight excluding hydrogens is 548 g/mol. The van der Waals surface area contributed by atoms with Crippen LogP contribution in [0.25, 0.3) is 0 Å². The third kappa shape index (κ3) is 6.14. The minimum atomic E-state index is -1.17. The van der Waals surface area contributed by atoms with E-state index in [-0.39, 0.29) is 34.3 Å². The molecule has 43 heavy (non-hydrogen) atoms. The Morgan fingerprint density at radius 2 is 1.47 bits per heavy atom. The summed E-state index contributed by atoms with van der Waals surface area (Å²) in [7, 11) is 0. The summed E-state index contributed by atoms with van der Waals surface area (Å²) in [5.74, 6) is -2.66. The van der Waals surface area contributed by atoms with Crippen LogP contribution in [0.2, 0.25) is 0 Å². The van der Waals surface area contributed by atoms with Crippen molar-refractivity contribution >= 4 is 17.6 Å². The molecule has 0 aromatic heterocycles. The molecule has 0 saturated carbocycles. The van der Waals surface area contributed by atoms with E-state index in [1.807, 2.05) is 36.4 Å². The van der Waals surface area contributed by atoms with E-state index in [4.69, 9.17) is 15.2 Å². The minimum absolute atomic E-state index is 0.0271. The first-order valence-electron chi connectivity index (χ1n) is 14.1. The molecule has 0 amide bonds. The highest BCUT2D eigenvalue weighted by atomic mass is 16.6. The fourth-order valence-electron chi connectivity index (χ4n) is 5.69. The van der Waals surface area contributed by atoms with E-state index >= 15 is 0 Å². The summed E-state index contributed by atoms with van der Waals surface area (Å²) >= 11 is 0. The number of hydrogen-bond acceptors (Lipinski definition) is 9. The molecule has 3 N–H and O–H groups in total. The van der Waals surface area contributed by atoms with Crippen LogP contribution in [-0.2, 0) is 19.1 Å². The third-order valence-corrected chi connectivity index (χ3v) is 7.57. The summed E-state index contributed by atoms with van der Waals surface area (Å²) in [6, 6.07) is 26.1. The van der Waals surface area contributed by atoms with Gasteiger partial charge in [-0.1, -0.05) is 78.9 Å². The zero-order valence-electron chi connectivity index (χ0n) is 24.2. The Bertz CT molecular complexity index is 1540. The van der Waals surface area contributed by atoms with E-state index in [9.17, 15) is 19.7 Å². The zero-order chi connectivity index (χ0) is 30.7. The Hall–Kier alpha value is -4.96. The second-order valence-corrected chi connectivity index (χ2v) is 10.9. The van der Waals surface area contributed by atoms with Crippen molar-refractivity contribution in [2.24, 2.45) is 5.73 Å². The number of benzene rings is 3. The van der Waals surface area contributed by atoms with Crippen molar-refractivity contribution in [1.82, 2.24) is 10.2 Å². The van der Waals surface area contributed by atoms with E-state index in [2.05, 4.69) is 34.5 Å². The van der Waals surface area contributed by atoms with Crippen LogP contribution >= 0.6 is 0 Å². The summed E-state index contributed by atoms with van der Waals surface area (Å²) in [4.78, 5) is 40.8. The van der Waals surface area contributed by atoms with Gasteiger partial charge in [-0.15, -0.1) is 0 Å². The Morgan fingerprint density at radius 1 is 0.907 bits per heavy atom. The standard InChI is InChI=1S/C33H34N4O6/c1-20(2)42-32(38)27-21(3)35-31(34)29(28(27)25-16-10-11-17-26(25)37(40)41)33(39)43-24-18-36(19-24)30(22-12-6-4-7-13-22)23-14-8-5-9-15-23/h4-17,20,24,28,30,35H,18-19,34H2,1-3H3/t28-/m0/s1. The molecule has 3 aromatic rings. The summed E-state index contributed by atoms with van der Waals surface area (Å²) in [5.41, 5.74) is 8.81. The summed E-state index contributed by atoms with van der Waals surface area (Å²) in [6.45, 7) is 5.95. The molecular formula is C33H34N4O6. The molecule has 2 heterocycles. The first-order valence-corrected chi connectivity index (χ1v) is 14.1. The Kier molecular flexibility index (Phi) is 8.58. The van der Waals surface area contributed by atoms with E-state index in [0.717, 1.165) is 11.1 Å².